The van der Waals surface area contributed by atoms with E-state index < -0.39 is 0 Å². The van der Waals surface area contributed by atoms with Crippen LogP contribution in [0.1, 0.15) is 5.56 Å². The van der Waals surface area contributed by atoms with Crippen molar-refractivity contribution in [1.82, 2.24) is 14.5 Å². The Hall–Kier alpha value is -3.28. The Morgan fingerprint density at radius 2 is 1.92 bits per heavy atom. The lowest BCUT2D eigenvalue weighted by Crippen LogP contribution is -2.21. The maximum atomic E-state index is 12.9. The van der Waals surface area contributed by atoms with Crippen LogP contribution in [0.4, 0.5) is 0 Å². The van der Waals surface area contributed by atoms with E-state index in [0.29, 0.717) is 29.1 Å². The minimum absolute atomic E-state index is 0.119. The summed E-state index contributed by atoms with van der Waals surface area (Å²) in [5.41, 5.74) is 2.83. The van der Waals surface area contributed by atoms with Crippen molar-refractivity contribution < 1.29 is 9.47 Å². The molecule has 2 aromatic heterocycles. The first kappa shape index (κ1) is 15.3. The van der Waals surface area contributed by atoms with Crippen molar-refractivity contribution in [3.8, 4) is 11.5 Å². The zero-order valence-electron chi connectivity index (χ0n) is 13.9. The second kappa shape index (κ2) is 5.98. The highest BCUT2D eigenvalue weighted by atomic mass is 16.5. The number of ether oxygens (including phenoxy) is 2. The van der Waals surface area contributed by atoms with Crippen molar-refractivity contribution in [3.63, 3.8) is 0 Å². The van der Waals surface area contributed by atoms with Crippen LogP contribution in [0.15, 0.2) is 53.6 Å². The molecule has 4 rings (SSSR count). The number of rotatable bonds is 4. The van der Waals surface area contributed by atoms with Crippen molar-refractivity contribution in [2.45, 2.75) is 6.54 Å². The number of nitrogens with one attached hydrogen (secondary N) is 1. The van der Waals surface area contributed by atoms with Crippen LogP contribution >= 0.6 is 0 Å². The molecular weight excluding hydrogens is 318 g/mol. The molecule has 0 saturated carbocycles. The van der Waals surface area contributed by atoms with E-state index in [0.717, 1.165) is 16.5 Å². The largest absolute Gasteiger partial charge is 0.493 e. The number of nitrogens with zero attached hydrogens (tertiary/aromatic N) is 2. The third-order valence-electron chi connectivity index (χ3n) is 4.30. The van der Waals surface area contributed by atoms with Gasteiger partial charge in [0.25, 0.3) is 5.56 Å². The Morgan fingerprint density at radius 3 is 2.72 bits per heavy atom. The lowest BCUT2D eigenvalue weighted by atomic mass is 10.2. The molecule has 0 radical (unpaired) electrons. The predicted octanol–water partition coefficient (Wildman–Crippen LogP) is 2.94. The van der Waals surface area contributed by atoms with E-state index in [9.17, 15) is 4.79 Å². The number of fused-ring (bicyclic) bond motifs is 3. The highest BCUT2D eigenvalue weighted by molar-refractivity contribution is 6.04. The third-order valence-corrected chi connectivity index (χ3v) is 4.30. The number of hydrogen-bond acceptors (Lipinski definition) is 4. The molecular formula is C19H17N3O3. The van der Waals surface area contributed by atoms with Crippen LogP contribution < -0.4 is 15.0 Å². The molecule has 6 heteroatoms. The van der Waals surface area contributed by atoms with Crippen LogP contribution in [0.5, 0.6) is 11.5 Å². The van der Waals surface area contributed by atoms with Gasteiger partial charge in [0.2, 0.25) is 0 Å². The van der Waals surface area contributed by atoms with Gasteiger partial charge in [-0.1, -0.05) is 30.3 Å². The Labute approximate surface area is 143 Å². The van der Waals surface area contributed by atoms with Crippen LogP contribution in [0.25, 0.3) is 21.9 Å². The summed E-state index contributed by atoms with van der Waals surface area (Å²) in [6, 6.07) is 13.4. The van der Waals surface area contributed by atoms with E-state index in [1.165, 1.54) is 0 Å². The first-order valence-corrected chi connectivity index (χ1v) is 7.88. The molecule has 126 valence electrons. The van der Waals surface area contributed by atoms with Crippen LogP contribution in [-0.2, 0) is 6.54 Å². The summed E-state index contributed by atoms with van der Waals surface area (Å²) in [5.74, 6) is 1.25. The number of benzene rings is 2. The van der Waals surface area contributed by atoms with Crippen molar-refractivity contribution in [2.24, 2.45) is 0 Å². The zero-order chi connectivity index (χ0) is 17.4. The van der Waals surface area contributed by atoms with Gasteiger partial charge < -0.3 is 14.5 Å². The molecule has 0 aliphatic carbocycles. The van der Waals surface area contributed by atoms with Crippen LogP contribution in [0.2, 0.25) is 0 Å². The minimum atomic E-state index is -0.119. The number of H-pyrrole nitrogens is 1. The Kier molecular flexibility index (Phi) is 3.65. The molecule has 0 aliphatic heterocycles. The maximum absolute atomic E-state index is 12.9. The van der Waals surface area contributed by atoms with Gasteiger partial charge in [-0.15, -0.1) is 0 Å². The lowest BCUT2D eigenvalue weighted by molar-refractivity contribution is 0.351. The molecule has 0 saturated heterocycles. The van der Waals surface area contributed by atoms with E-state index in [1.54, 1.807) is 25.1 Å². The molecule has 4 aromatic rings. The molecule has 0 unspecified atom stereocenters. The highest BCUT2D eigenvalue weighted by Crippen LogP contribution is 2.31. The maximum Gasteiger partial charge on any atom is 0.277 e. The Balaban J connectivity index is 1.85. The summed E-state index contributed by atoms with van der Waals surface area (Å²) in [5, 5.41) is 0.945. The third kappa shape index (κ3) is 2.42. The fourth-order valence-corrected chi connectivity index (χ4v) is 3.11. The average Bonchev–Trinajstić information content (AvgIpc) is 3.03. The molecule has 0 aliphatic rings. The zero-order valence-corrected chi connectivity index (χ0v) is 13.9. The van der Waals surface area contributed by atoms with Gasteiger partial charge in [0.05, 0.1) is 27.1 Å². The van der Waals surface area contributed by atoms with E-state index in [4.69, 9.17) is 9.47 Å². The summed E-state index contributed by atoms with van der Waals surface area (Å²) < 4.78 is 12.3. The molecule has 1 N–H and O–H groups in total. The fraction of sp³-hybridized carbons (Fsp3) is 0.158. The molecule has 0 amide bonds. The summed E-state index contributed by atoms with van der Waals surface area (Å²) in [6.45, 7) is 0.345. The predicted molar refractivity (Wildman–Crippen MR) is 96.5 cm³/mol. The number of para-hydroxylation sites is 2. The molecule has 6 nitrogen and oxygen atoms in total. The number of hydrogen-bond donors (Lipinski definition) is 1. The van der Waals surface area contributed by atoms with Gasteiger partial charge in [0, 0.05) is 16.5 Å². The van der Waals surface area contributed by atoms with E-state index in [1.807, 2.05) is 42.5 Å². The lowest BCUT2D eigenvalue weighted by Gasteiger charge is -2.13. The second-order valence-corrected chi connectivity index (χ2v) is 5.72. The summed E-state index contributed by atoms with van der Waals surface area (Å²) >= 11 is 0. The van der Waals surface area contributed by atoms with Gasteiger partial charge in [0.15, 0.2) is 11.5 Å². The topological polar surface area (TPSA) is 69.1 Å². The van der Waals surface area contributed by atoms with Crippen molar-refractivity contribution >= 4 is 21.9 Å². The summed E-state index contributed by atoms with van der Waals surface area (Å²) in [7, 11) is 3.18. The Morgan fingerprint density at radius 1 is 1.08 bits per heavy atom. The van der Waals surface area contributed by atoms with Gasteiger partial charge in [-0.3, -0.25) is 9.36 Å². The molecule has 0 fully saturated rings. The van der Waals surface area contributed by atoms with E-state index in [2.05, 4.69) is 9.97 Å². The van der Waals surface area contributed by atoms with E-state index in [-0.39, 0.29) is 5.56 Å². The van der Waals surface area contributed by atoms with Crippen molar-refractivity contribution in [2.75, 3.05) is 14.2 Å². The molecule has 2 aromatic carbocycles. The number of aromatic nitrogens is 3. The summed E-state index contributed by atoms with van der Waals surface area (Å²) in [4.78, 5) is 20.5. The first-order valence-electron chi connectivity index (χ1n) is 7.88. The molecule has 2 heterocycles. The molecule has 0 spiro atoms. The Bertz CT molecular complexity index is 1130. The smallest absolute Gasteiger partial charge is 0.277 e. The highest BCUT2D eigenvalue weighted by Gasteiger charge is 2.14. The second-order valence-electron chi connectivity index (χ2n) is 5.72. The fourth-order valence-electron chi connectivity index (χ4n) is 3.11. The number of methoxy groups -OCH3 is 2. The first-order chi connectivity index (χ1) is 12.2. The standard InChI is InChI=1S/C19H17N3O3/c1-24-15-9-5-6-12(18(15)25-2)10-22-11-20-16-13-7-3-4-8-14(13)21-17(16)19(22)23/h3-9,11,21H,10H2,1-2H3. The van der Waals surface area contributed by atoms with E-state index >= 15 is 0 Å². The van der Waals surface area contributed by atoms with Gasteiger partial charge in [-0.2, -0.15) is 0 Å². The molecule has 0 bridgehead atoms. The van der Waals surface area contributed by atoms with Crippen LogP contribution in [-0.4, -0.2) is 28.8 Å². The molecule has 0 atom stereocenters. The summed E-state index contributed by atoms with van der Waals surface area (Å²) in [6.07, 6.45) is 1.57. The minimum Gasteiger partial charge on any atom is -0.493 e. The molecule has 25 heavy (non-hydrogen) atoms. The SMILES string of the molecule is COc1cccc(Cn2cnc3c([nH]c4ccccc43)c2=O)c1OC. The quantitative estimate of drug-likeness (QED) is 0.622. The number of aromatic amines is 1. The van der Waals surface area contributed by atoms with Crippen LogP contribution in [0, 0.1) is 0 Å². The average molecular weight is 335 g/mol. The monoisotopic (exact) mass is 335 g/mol. The van der Waals surface area contributed by atoms with Crippen molar-refractivity contribution in [3.05, 3.63) is 64.7 Å². The van der Waals surface area contributed by atoms with Gasteiger partial charge in [0.1, 0.15) is 11.0 Å². The van der Waals surface area contributed by atoms with Crippen LogP contribution in [0.3, 0.4) is 0 Å². The normalized spacial score (nSPS) is 11.1. The van der Waals surface area contributed by atoms with Gasteiger partial charge >= 0.3 is 0 Å². The van der Waals surface area contributed by atoms with Gasteiger partial charge in [-0.25, -0.2) is 4.98 Å². The van der Waals surface area contributed by atoms with Gasteiger partial charge in [-0.05, 0) is 12.1 Å². The van der Waals surface area contributed by atoms with Crippen molar-refractivity contribution in [1.29, 1.82) is 0 Å².